The third kappa shape index (κ3) is 14.7. The molecule has 0 saturated heterocycles. The predicted molar refractivity (Wildman–Crippen MR) is 148 cm³/mol. The lowest BCUT2D eigenvalue weighted by molar-refractivity contribution is -0.138. The number of nitriles is 1. The SMILES string of the molecule is CCCCCCCSCCCCCCCCCCC[C@](C)(O)C(=O)Nc1ccc(C#N)c(C(F)(F)F)c1. The summed E-state index contributed by atoms with van der Waals surface area (Å²) in [5.74, 6) is 1.82. The van der Waals surface area contributed by atoms with E-state index in [2.05, 4.69) is 24.0 Å². The van der Waals surface area contributed by atoms with E-state index in [1.165, 1.54) is 94.8 Å². The molecule has 2 N–H and O–H groups in total. The van der Waals surface area contributed by atoms with Crippen molar-refractivity contribution in [1.29, 1.82) is 5.26 Å². The first-order valence-electron chi connectivity index (χ1n) is 13.8. The van der Waals surface area contributed by atoms with E-state index < -0.39 is 28.8 Å². The summed E-state index contributed by atoms with van der Waals surface area (Å²) in [5, 5.41) is 21.7. The minimum atomic E-state index is -4.71. The number of carbonyl (C=O) groups is 1. The van der Waals surface area contributed by atoms with Gasteiger partial charge in [-0.3, -0.25) is 4.79 Å². The van der Waals surface area contributed by atoms with Gasteiger partial charge in [0, 0.05) is 5.69 Å². The van der Waals surface area contributed by atoms with Crippen molar-refractivity contribution in [2.24, 2.45) is 0 Å². The van der Waals surface area contributed by atoms with Crippen molar-refractivity contribution in [2.75, 3.05) is 16.8 Å². The van der Waals surface area contributed by atoms with Crippen LogP contribution >= 0.6 is 11.8 Å². The Labute approximate surface area is 225 Å². The van der Waals surface area contributed by atoms with Gasteiger partial charge < -0.3 is 10.4 Å². The molecular weight excluding hydrogens is 497 g/mol. The molecule has 37 heavy (non-hydrogen) atoms. The summed E-state index contributed by atoms with van der Waals surface area (Å²) in [4.78, 5) is 12.4. The third-order valence-electron chi connectivity index (χ3n) is 6.54. The second-order valence-corrected chi connectivity index (χ2v) is 11.3. The van der Waals surface area contributed by atoms with Crippen LogP contribution in [0.4, 0.5) is 18.9 Å². The number of halogens is 3. The number of hydrogen-bond donors (Lipinski definition) is 2. The van der Waals surface area contributed by atoms with Gasteiger partial charge in [0.25, 0.3) is 5.91 Å². The Balaban J connectivity index is 2.13. The highest BCUT2D eigenvalue weighted by Crippen LogP contribution is 2.33. The average Bonchev–Trinajstić information content (AvgIpc) is 2.85. The van der Waals surface area contributed by atoms with Crippen molar-refractivity contribution in [2.45, 2.75) is 122 Å². The van der Waals surface area contributed by atoms with Gasteiger partial charge in [-0.15, -0.1) is 0 Å². The molecule has 0 aliphatic carbocycles. The molecule has 8 heteroatoms. The molecule has 0 bridgehead atoms. The molecule has 0 aliphatic rings. The Morgan fingerprint density at radius 1 is 0.919 bits per heavy atom. The Morgan fingerprint density at radius 3 is 1.95 bits per heavy atom. The molecule has 0 heterocycles. The van der Waals surface area contributed by atoms with Gasteiger partial charge in [0.2, 0.25) is 0 Å². The van der Waals surface area contributed by atoms with Crippen molar-refractivity contribution in [1.82, 2.24) is 0 Å². The highest BCUT2D eigenvalue weighted by molar-refractivity contribution is 7.99. The molecule has 0 saturated carbocycles. The van der Waals surface area contributed by atoms with Gasteiger partial charge in [0.05, 0.1) is 17.2 Å². The molecule has 1 aromatic rings. The van der Waals surface area contributed by atoms with Crippen molar-refractivity contribution in [3.8, 4) is 6.07 Å². The number of amides is 1. The molecule has 4 nitrogen and oxygen atoms in total. The first-order chi connectivity index (χ1) is 17.6. The summed E-state index contributed by atoms with van der Waals surface area (Å²) >= 11 is 2.09. The number of nitrogens with one attached hydrogen (secondary N) is 1. The minimum absolute atomic E-state index is 0.0994. The van der Waals surface area contributed by atoms with Crippen LogP contribution in [-0.4, -0.2) is 28.1 Å². The number of anilines is 1. The number of alkyl halides is 3. The average molecular weight is 543 g/mol. The number of nitrogens with zero attached hydrogens (tertiary/aromatic N) is 1. The van der Waals surface area contributed by atoms with E-state index in [4.69, 9.17) is 5.26 Å². The fraction of sp³-hybridized carbons (Fsp3) is 0.724. The maximum Gasteiger partial charge on any atom is 0.417 e. The van der Waals surface area contributed by atoms with Gasteiger partial charge in [-0.25, -0.2) is 0 Å². The van der Waals surface area contributed by atoms with Crippen LogP contribution in [-0.2, 0) is 11.0 Å². The Kier molecular flexibility index (Phi) is 16.7. The number of thioether (sulfide) groups is 1. The normalized spacial score (nSPS) is 13.2. The molecule has 1 rings (SSSR count). The van der Waals surface area contributed by atoms with Crippen LogP contribution in [0.2, 0.25) is 0 Å². The zero-order chi connectivity index (χ0) is 27.6. The first kappa shape index (κ1) is 33.3. The zero-order valence-corrected chi connectivity index (χ0v) is 23.4. The Bertz CT molecular complexity index is 822. The summed E-state index contributed by atoms with van der Waals surface area (Å²) < 4.78 is 39.4. The third-order valence-corrected chi connectivity index (χ3v) is 7.69. The van der Waals surface area contributed by atoms with Gasteiger partial charge in [0.1, 0.15) is 5.60 Å². The monoisotopic (exact) mass is 542 g/mol. The number of hydrogen-bond acceptors (Lipinski definition) is 4. The largest absolute Gasteiger partial charge is 0.417 e. The zero-order valence-electron chi connectivity index (χ0n) is 22.6. The highest BCUT2D eigenvalue weighted by atomic mass is 32.2. The second-order valence-electron chi connectivity index (χ2n) is 10.1. The van der Waals surface area contributed by atoms with Crippen LogP contribution < -0.4 is 5.32 Å². The molecule has 1 atom stereocenters. The topological polar surface area (TPSA) is 73.1 Å². The fourth-order valence-corrected chi connectivity index (χ4v) is 5.17. The van der Waals surface area contributed by atoms with E-state index in [9.17, 15) is 23.1 Å². The van der Waals surface area contributed by atoms with E-state index in [0.717, 1.165) is 31.4 Å². The van der Waals surface area contributed by atoms with Crippen LogP contribution in [0.3, 0.4) is 0 Å². The molecule has 0 fully saturated rings. The number of carbonyl (C=O) groups excluding carboxylic acids is 1. The second kappa shape index (κ2) is 18.5. The summed E-state index contributed by atoms with van der Waals surface area (Å²) in [6, 6.07) is 4.48. The predicted octanol–water partition coefficient (Wildman–Crippen LogP) is 8.87. The van der Waals surface area contributed by atoms with E-state index in [1.807, 2.05) is 0 Å². The van der Waals surface area contributed by atoms with Gasteiger partial charge >= 0.3 is 6.18 Å². The number of aliphatic hydroxyl groups is 1. The molecule has 0 spiro atoms. The maximum atomic E-state index is 13.1. The molecular formula is C29H45F3N2O2S. The molecule has 1 amide bonds. The van der Waals surface area contributed by atoms with Gasteiger partial charge in [0.15, 0.2) is 0 Å². The smallest absolute Gasteiger partial charge is 0.380 e. The van der Waals surface area contributed by atoms with Gasteiger partial charge in [-0.2, -0.15) is 30.2 Å². The van der Waals surface area contributed by atoms with Crippen LogP contribution in [0, 0.1) is 11.3 Å². The summed E-state index contributed by atoms with van der Waals surface area (Å²) in [6.45, 7) is 3.62. The lowest BCUT2D eigenvalue weighted by atomic mass is 9.96. The van der Waals surface area contributed by atoms with Gasteiger partial charge in [-0.05, 0) is 55.9 Å². The first-order valence-corrected chi connectivity index (χ1v) is 15.0. The van der Waals surface area contributed by atoms with Gasteiger partial charge in [-0.1, -0.05) is 84.0 Å². The van der Waals surface area contributed by atoms with Crippen LogP contribution in [0.25, 0.3) is 0 Å². The highest BCUT2D eigenvalue weighted by Gasteiger charge is 2.35. The van der Waals surface area contributed by atoms with E-state index in [0.29, 0.717) is 6.42 Å². The fourth-order valence-electron chi connectivity index (χ4n) is 4.15. The number of unbranched alkanes of at least 4 members (excludes halogenated alkanes) is 12. The van der Waals surface area contributed by atoms with E-state index >= 15 is 0 Å². The van der Waals surface area contributed by atoms with Crippen molar-refractivity contribution >= 4 is 23.4 Å². The van der Waals surface area contributed by atoms with Crippen molar-refractivity contribution in [3.05, 3.63) is 29.3 Å². The lowest BCUT2D eigenvalue weighted by Gasteiger charge is -2.22. The molecule has 210 valence electrons. The molecule has 0 unspecified atom stereocenters. The molecule has 0 aromatic heterocycles. The standard InChI is InChI=1S/C29H45F3N2O2S/c1-3-4-5-12-15-20-37-21-16-13-10-8-6-7-9-11-14-19-28(2,36)27(35)34-25-18-17-24(23-33)26(22-25)29(30,31)32/h17-18,22,36H,3-16,19-21H2,1-2H3,(H,34,35)/t28-/m0/s1. The van der Waals surface area contributed by atoms with Crippen molar-refractivity contribution < 1.29 is 23.1 Å². The van der Waals surface area contributed by atoms with Crippen LogP contribution in [0.15, 0.2) is 18.2 Å². The van der Waals surface area contributed by atoms with Crippen molar-refractivity contribution in [3.63, 3.8) is 0 Å². The summed E-state index contributed by atoms with van der Waals surface area (Å²) in [6.07, 6.45) is 12.3. The van der Waals surface area contributed by atoms with Crippen LogP contribution in [0.5, 0.6) is 0 Å². The summed E-state index contributed by atoms with van der Waals surface area (Å²) in [7, 11) is 0. The number of benzene rings is 1. The van der Waals surface area contributed by atoms with E-state index in [1.54, 1.807) is 0 Å². The molecule has 1 aromatic carbocycles. The summed E-state index contributed by atoms with van der Waals surface area (Å²) in [5.41, 5.74) is -3.41. The van der Waals surface area contributed by atoms with E-state index in [-0.39, 0.29) is 12.1 Å². The maximum absolute atomic E-state index is 13.1. The Morgan fingerprint density at radius 2 is 1.43 bits per heavy atom. The number of rotatable bonds is 20. The Hall–Kier alpha value is -1.72. The molecule has 0 aliphatic heterocycles. The quantitative estimate of drug-likeness (QED) is 0.161. The lowest BCUT2D eigenvalue weighted by Crippen LogP contribution is -2.40. The molecule has 0 radical (unpaired) electrons. The van der Waals surface area contributed by atoms with Crippen LogP contribution in [0.1, 0.15) is 121 Å². The minimum Gasteiger partial charge on any atom is -0.380 e.